The number of hydrogen-bond acceptors (Lipinski definition) is 4. The second kappa shape index (κ2) is 5.50. The van der Waals surface area contributed by atoms with Gasteiger partial charge in [0.1, 0.15) is 4.90 Å². The third kappa shape index (κ3) is 3.43. The summed E-state index contributed by atoms with van der Waals surface area (Å²) >= 11 is 0. The minimum absolute atomic E-state index is 0.168. The van der Waals surface area contributed by atoms with Crippen LogP contribution in [0.25, 0.3) is 0 Å². The van der Waals surface area contributed by atoms with E-state index in [1.165, 1.54) is 19.0 Å². The van der Waals surface area contributed by atoms with Gasteiger partial charge in [-0.25, -0.2) is 8.42 Å². The molecule has 0 atom stereocenters. The molecule has 0 unspecified atom stereocenters. The zero-order valence-electron chi connectivity index (χ0n) is 11.8. The van der Waals surface area contributed by atoms with Crippen molar-refractivity contribution in [2.45, 2.75) is 37.2 Å². The number of rotatable bonds is 6. The first kappa shape index (κ1) is 14.1. The molecule has 1 saturated carbocycles. The summed E-state index contributed by atoms with van der Waals surface area (Å²) in [6.07, 6.45) is 3.81. The van der Waals surface area contributed by atoms with Crippen molar-refractivity contribution >= 4 is 15.7 Å². The summed E-state index contributed by atoms with van der Waals surface area (Å²) < 4.78 is 27.0. The molecule has 0 radical (unpaired) electrons. The Morgan fingerprint density at radius 1 is 1.29 bits per heavy atom. The third-order valence-corrected chi connectivity index (χ3v) is 4.95. The first-order valence-corrected chi connectivity index (χ1v) is 8.38. The molecule has 0 spiro atoms. The maximum Gasteiger partial charge on any atom is 0.265 e. The highest BCUT2D eigenvalue weighted by molar-refractivity contribution is 7.92. The number of aromatic amines is 1. The van der Waals surface area contributed by atoms with Gasteiger partial charge in [0, 0.05) is 18.3 Å². The zero-order valence-corrected chi connectivity index (χ0v) is 12.6. The molecule has 1 aliphatic carbocycles. The van der Waals surface area contributed by atoms with Crippen LogP contribution in [0.2, 0.25) is 0 Å². The Morgan fingerprint density at radius 3 is 2.57 bits per heavy atom. The van der Waals surface area contributed by atoms with E-state index < -0.39 is 10.0 Å². The van der Waals surface area contributed by atoms with Crippen LogP contribution in [-0.2, 0) is 16.6 Å². The fourth-order valence-electron chi connectivity index (χ4n) is 2.06. The summed E-state index contributed by atoms with van der Waals surface area (Å²) in [5, 5.41) is 9.78. The Hall–Kier alpha value is -1.86. The van der Waals surface area contributed by atoms with Gasteiger partial charge in [0.25, 0.3) is 10.0 Å². The van der Waals surface area contributed by atoms with Gasteiger partial charge >= 0.3 is 0 Å². The average Bonchev–Trinajstić information content (AvgIpc) is 3.17. The number of nitrogens with zero attached hydrogens (tertiary/aromatic N) is 1. The van der Waals surface area contributed by atoms with Crippen LogP contribution in [0.4, 0.5) is 5.69 Å². The van der Waals surface area contributed by atoms with E-state index in [4.69, 9.17) is 0 Å². The summed E-state index contributed by atoms with van der Waals surface area (Å²) in [7, 11) is -3.59. The van der Waals surface area contributed by atoms with Crippen LogP contribution >= 0.6 is 0 Å². The molecule has 1 aromatic heterocycles. The maximum atomic E-state index is 12.2. The summed E-state index contributed by atoms with van der Waals surface area (Å²) in [5.41, 5.74) is 2.21. The summed E-state index contributed by atoms with van der Waals surface area (Å²) in [6.45, 7) is 2.49. The first-order valence-electron chi connectivity index (χ1n) is 6.90. The second-order valence-electron chi connectivity index (χ2n) is 5.32. The van der Waals surface area contributed by atoms with Crippen molar-refractivity contribution in [2.75, 3.05) is 4.72 Å². The van der Waals surface area contributed by atoms with Crippen molar-refractivity contribution in [1.82, 2.24) is 15.5 Å². The fraction of sp³-hybridized carbons (Fsp3) is 0.357. The highest BCUT2D eigenvalue weighted by atomic mass is 32.2. The highest BCUT2D eigenvalue weighted by Gasteiger charge is 2.20. The van der Waals surface area contributed by atoms with Crippen molar-refractivity contribution in [3.63, 3.8) is 0 Å². The quantitative estimate of drug-likeness (QED) is 0.759. The molecule has 2 aromatic rings. The van der Waals surface area contributed by atoms with Gasteiger partial charge in [-0.2, -0.15) is 5.10 Å². The van der Waals surface area contributed by atoms with Crippen LogP contribution in [0.3, 0.4) is 0 Å². The minimum Gasteiger partial charge on any atom is -0.310 e. The average molecular weight is 306 g/mol. The van der Waals surface area contributed by atoms with Crippen molar-refractivity contribution in [3.05, 3.63) is 41.7 Å². The van der Waals surface area contributed by atoms with Gasteiger partial charge in [0.05, 0.1) is 11.9 Å². The van der Waals surface area contributed by atoms with Crippen molar-refractivity contribution in [2.24, 2.45) is 0 Å². The van der Waals surface area contributed by atoms with Gasteiger partial charge in [-0.1, -0.05) is 12.1 Å². The van der Waals surface area contributed by atoms with E-state index in [0.717, 1.165) is 12.1 Å². The molecule has 0 saturated heterocycles. The molecule has 1 heterocycles. The fourth-order valence-corrected chi connectivity index (χ4v) is 3.26. The van der Waals surface area contributed by atoms with E-state index in [1.54, 1.807) is 19.1 Å². The van der Waals surface area contributed by atoms with Crippen LogP contribution in [-0.4, -0.2) is 24.7 Å². The molecule has 0 bridgehead atoms. The standard InChI is InChI=1S/C14H18N4O2S/c1-10-14(9-16-17-10)21(19,20)18-13-4-2-11(3-5-13)8-15-12-6-7-12/h2-5,9,12,15,18H,6-8H2,1H3,(H,16,17). The van der Waals surface area contributed by atoms with Crippen LogP contribution in [0, 0.1) is 6.92 Å². The smallest absolute Gasteiger partial charge is 0.265 e. The lowest BCUT2D eigenvalue weighted by Crippen LogP contribution is -2.15. The number of nitrogens with one attached hydrogen (secondary N) is 3. The molecule has 1 aromatic carbocycles. The van der Waals surface area contributed by atoms with Crippen LogP contribution < -0.4 is 10.0 Å². The van der Waals surface area contributed by atoms with E-state index in [9.17, 15) is 8.42 Å². The molecule has 0 amide bonds. The van der Waals surface area contributed by atoms with E-state index >= 15 is 0 Å². The second-order valence-corrected chi connectivity index (χ2v) is 6.97. The number of hydrogen-bond donors (Lipinski definition) is 3. The number of aromatic nitrogens is 2. The summed E-state index contributed by atoms with van der Waals surface area (Å²) in [6, 6.07) is 8.06. The molecule has 1 fully saturated rings. The molecular formula is C14H18N4O2S. The van der Waals surface area contributed by atoms with Gasteiger partial charge < -0.3 is 5.32 Å². The predicted octanol–water partition coefficient (Wildman–Crippen LogP) is 1.77. The van der Waals surface area contributed by atoms with Crippen molar-refractivity contribution < 1.29 is 8.42 Å². The molecule has 3 N–H and O–H groups in total. The highest BCUT2D eigenvalue weighted by Crippen LogP contribution is 2.20. The predicted molar refractivity (Wildman–Crippen MR) is 80.4 cm³/mol. The monoisotopic (exact) mass is 306 g/mol. The molecular weight excluding hydrogens is 288 g/mol. The van der Waals surface area contributed by atoms with Crippen molar-refractivity contribution in [1.29, 1.82) is 0 Å². The number of H-pyrrole nitrogens is 1. The summed E-state index contributed by atoms with van der Waals surface area (Å²) in [5.74, 6) is 0. The summed E-state index contributed by atoms with van der Waals surface area (Å²) in [4.78, 5) is 0.168. The molecule has 112 valence electrons. The van der Waals surface area contributed by atoms with Gasteiger partial charge in [-0.15, -0.1) is 0 Å². The van der Waals surface area contributed by atoms with Gasteiger partial charge in [-0.05, 0) is 37.5 Å². The number of benzene rings is 1. The zero-order chi connectivity index (χ0) is 14.9. The normalized spacial score (nSPS) is 15.1. The molecule has 6 nitrogen and oxygen atoms in total. The first-order chi connectivity index (χ1) is 10.0. The lowest BCUT2D eigenvalue weighted by molar-refractivity contribution is 0.600. The lowest BCUT2D eigenvalue weighted by atomic mass is 10.2. The SMILES string of the molecule is Cc1[nH]ncc1S(=O)(=O)Nc1ccc(CNC2CC2)cc1. The van der Waals surface area contributed by atoms with Gasteiger partial charge in [0.15, 0.2) is 0 Å². The maximum absolute atomic E-state index is 12.2. The molecule has 0 aliphatic heterocycles. The Morgan fingerprint density at radius 2 is 2.00 bits per heavy atom. The van der Waals surface area contributed by atoms with Crippen LogP contribution in [0.1, 0.15) is 24.1 Å². The lowest BCUT2D eigenvalue weighted by Gasteiger charge is -2.08. The Balaban J connectivity index is 1.68. The van der Waals surface area contributed by atoms with E-state index in [1.807, 2.05) is 12.1 Å². The Kier molecular flexibility index (Phi) is 3.69. The van der Waals surface area contributed by atoms with E-state index in [-0.39, 0.29) is 4.90 Å². The number of aryl methyl sites for hydroxylation is 1. The molecule has 1 aliphatic rings. The number of anilines is 1. The molecule has 3 rings (SSSR count). The topological polar surface area (TPSA) is 86.9 Å². The third-order valence-electron chi connectivity index (χ3n) is 3.45. The largest absolute Gasteiger partial charge is 0.310 e. The Labute approximate surface area is 124 Å². The van der Waals surface area contributed by atoms with E-state index in [0.29, 0.717) is 17.4 Å². The van der Waals surface area contributed by atoms with E-state index in [2.05, 4.69) is 20.2 Å². The molecule has 7 heteroatoms. The van der Waals surface area contributed by atoms with Gasteiger partial charge in [-0.3, -0.25) is 9.82 Å². The van der Waals surface area contributed by atoms with Gasteiger partial charge in [0.2, 0.25) is 0 Å². The van der Waals surface area contributed by atoms with Crippen LogP contribution in [0.5, 0.6) is 0 Å². The minimum atomic E-state index is -3.59. The van der Waals surface area contributed by atoms with Crippen molar-refractivity contribution in [3.8, 4) is 0 Å². The Bertz CT molecular complexity index is 718. The number of sulfonamides is 1. The molecule has 21 heavy (non-hydrogen) atoms. The van der Waals surface area contributed by atoms with Crippen LogP contribution in [0.15, 0.2) is 35.4 Å².